The van der Waals surface area contributed by atoms with Crippen LogP contribution in [0.15, 0.2) is 48.9 Å². The molecular formula is C11H10N2O. The molecule has 14 heavy (non-hydrogen) atoms. The van der Waals surface area contributed by atoms with Crippen molar-refractivity contribution in [3.63, 3.8) is 0 Å². The molecule has 0 saturated heterocycles. The summed E-state index contributed by atoms with van der Waals surface area (Å²) in [6, 6.07) is 9.44. The number of nitrogens with zero attached hydrogens (tertiary/aromatic N) is 2. The van der Waals surface area contributed by atoms with E-state index in [0.29, 0.717) is 12.5 Å². The maximum Gasteiger partial charge on any atom is 0.213 e. The largest absolute Gasteiger partial charge is 0.473 e. The molecule has 0 atom stereocenters. The van der Waals surface area contributed by atoms with Gasteiger partial charge in [0.25, 0.3) is 0 Å². The lowest BCUT2D eigenvalue weighted by Crippen LogP contribution is -1.96. The highest BCUT2D eigenvalue weighted by Gasteiger charge is 1.94. The Morgan fingerprint density at radius 3 is 2.79 bits per heavy atom. The molecule has 0 amide bonds. The quantitative estimate of drug-likeness (QED) is 0.735. The van der Waals surface area contributed by atoms with Crippen LogP contribution in [0, 0.1) is 0 Å². The molecule has 0 N–H and O–H groups in total. The Kier molecular flexibility index (Phi) is 2.71. The van der Waals surface area contributed by atoms with Gasteiger partial charge in [-0.2, -0.15) is 0 Å². The summed E-state index contributed by atoms with van der Waals surface area (Å²) in [6.45, 7) is 0.505. The van der Waals surface area contributed by atoms with Crippen molar-refractivity contribution in [1.29, 1.82) is 0 Å². The first kappa shape index (κ1) is 8.69. The number of ether oxygens (including phenoxy) is 1. The van der Waals surface area contributed by atoms with Crippen molar-refractivity contribution in [2.75, 3.05) is 0 Å². The maximum absolute atomic E-state index is 5.44. The summed E-state index contributed by atoms with van der Waals surface area (Å²) in [4.78, 5) is 8.05. The van der Waals surface area contributed by atoms with E-state index < -0.39 is 0 Å². The van der Waals surface area contributed by atoms with Gasteiger partial charge < -0.3 is 4.74 Å². The molecule has 0 unspecified atom stereocenters. The zero-order valence-electron chi connectivity index (χ0n) is 7.63. The number of rotatable bonds is 3. The lowest BCUT2D eigenvalue weighted by Gasteiger charge is -2.03. The normalized spacial score (nSPS) is 9.71. The monoisotopic (exact) mass is 186 g/mol. The minimum atomic E-state index is 0.505. The second-order valence-electron chi connectivity index (χ2n) is 2.82. The summed E-state index contributed by atoms with van der Waals surface area (Å²) in [6.07, 6.45) is 5.23. The molecule has 0 aliphatic rings. The Balaban J connectivity index is 1.96. The van der Waals surface area contributed by atoms with E-state index in [1.165, 1.54) is 0 Å². The van der Waals surface area contributed by atoms with Gasteiger partial charge in [0.2, 0.25) is 5.88 Å². The average molecular weight is 186 g/mol. The molecule has 2 heterocycles. The molecule has 0 fully saturated rings. The SMILES string of the molecule is c1ccc(OCc2cccnc2)nc1. The van der Waals surface area contributed by atoms with Gasteiger partial charge in [-0.25, -0.2) is 4.98 Å². The lowest BCUT2D eigenvalue weighted by molar-refractivity contribution is 0.293. The van der Waals surface area contributed by atoms with Gasteiger partial charge in [0.15, 0.2) is 0 Å². The highest BCUT2D eigenvalue weighted by molar-refractivity contribution is 5.12. The molecule has 0 spiro atoms. The summed E-state index contributed by atoms with van der Waals surface area (Å²) in [7, 11) is 0. The first-order chi connectivity index (χ1) is 6.95. The van der Waals surface area contributed by atoms with Crippen LogP contribution in [0.4, 0.5) is 0 Å². The number of hydrogen-bond donors (Lipinski definition) is 0. The Hall–Kier alpha value is -1.90. The number of pyridine rings is 2. The Bertz CT molecular complexity index is 336. The molecule has 70 valence electrons. The Morgan fingerprint density at radius 2 is 2.07 bits per heavy atom. The molecule has 0 saturated carbocycles. The molecule has 2 rings (SSSR count). The Morgan fingerprint density at radius 1 is 1.07 bits per heavy atom. The number of hydrogen-bond acceptors (Lipinski definition) is 3. The van der Waals surface area contributed by atoms with E-state index in [9.17, 15) is 0 Å². The summed E-state index contributed by atoms with van der Waals surface area (Å²) < 4.78 is 5.44. The van der Waals surface area contributed by atoms with Crippen molar-refractivity contribution in [3.8, 4) is 5.88 Å². The fourth-order valence-corrected chi connectivity index (χ4v) is 1.07. The van der Waals surface area contributed by atoms with Gasteiger partial charge in [-0.15, -0.1) is 0 Å². The fraction of sp³-hybridized carbons (Fsp3) is 0.0909. The molecule has 0 aromatic carbocycles. The van der Waals surface area contributed by atoms with Crippen LogP contribution in [0.25, 0.3) is 0 Å². The predicted octanol–water partition coefficient (Wildman–Crippen LogP) is 2.06. The third-order valence-electron chi connectivity index (χ3n) is 1.75. The first-order valence-electron chi connectivity index (χ1n) is 4.38. The minimum Gasteiger partial charge on any atom is -0.473 e. The van der Waals surface area contributed by atoms with Gasteiger partial charge >= 0.3 is 0 Å². The van der Waals surface area contributed by atoms with E-state index in [0.717, 1.165) is 5.56 Å². The molecule has 2 aromatic heterocycles. The van der Waals surface area contributed by atoms with Gasteiger partial charge in [-0.1, -0.05) is 12.1 Å². The van der Waals surface area contributed by atoms with Crippen molar-refractivity contribution in [2.24, 2.45) is 0 Å². The average Bonchev–Trinajstić information content (AvgIpc) is 2.29. The van der Waals surface area contributed by atoms with E-state index in [2.05, 4.69) is 9.97 Å². The highest BCUT2D eigenvalue weighted by atomic mass is 16.5. The van der Waals surface area contributed by atoms with Crippen LogP contribution in [0.2, 0.25) is 0 Å². The third kappa shape index (κ3) is 2.29. The minimum absolute atomic E-state index is 0.505. The maximum atomic E-state index is 5.44. The molecule has 3 heteroatoms. The third-order valence-corrected chi connectivity index (χ3v) is 1.75. The van der Waals surface area contributed by atoms with Crippen molar-refractivity contribution in [2.45, 2.75) is 6.61 Å². The highest BCUT2D eigenvalue weighted by Crippen LogP contribution is 2.06. The summed E-state index contributed by atoms with van der Waals surface area (Å²) in [5, 5.41) is 0. The smallest absolute Gasteiger partial charge is 0.213 e. The van der Waals surface area contributed by atoms with E-state index in [4.69, 9.17) is 4.74 Å². The lowest BCUT2D eigenvalue weighted by atomic mass is 10.3. The zero-order chi connectivity index (χ0) is 9.64. The van der Waals surface area contributed by atoms with Gasteiger partial charge in [-0.05, 0) is 12.1 Å². The van der Waals surface area contributed by atoms with Crippen molar-refractivity contribution < 1.29 is 4.74 Å². The first-order valence-corrected chi connectivity index (χ1v) is 4.38. The summed E-state index contributed by atoms with van der Waals surface area (Å²) >= 11 is 0. The van der Waals surface area contributed by atoms with Gasteiger partial charge in [0, 0.05) is 30.2 Å². The second-order valence-corrected chi connectivity index (χ2v) is 2.82. The van der Waals surface area contributed by atoms with Crippen LogP contribution >= 0.6 is 0 Å². The Labute approximate surface area is 82.4 Å². The number of aromatic nitrogens is 2. The van der Waals surface area contributed by atoms with Gasteiger partial charge in [0.1, 0.15) is 6.61 Å². The topological polar surface area (TPSA) is 35.0 Å². The van der Waals surface area contributed by atoms with E-state index in [1.54, 1.807) is 18.6 Å². The summed E-state index contributed by atoms with van der Waals surface area (Å²) in [5.41, 5.74) is 1.04. The molecule has 3 nitrogen and oxygen atoms in total. The molecule has 0 radical (unpaired) electrons. The molecule has 0 bridgehead atoms. The van der Waals surface area contributed by atoms with Crippen molar-refractivity contribution in [3.05, 3.63) is 54.5 Å². The van der Waals surface area contributed by atoms with Crippen molar-refractivity contribution >= 4 is 0 Å². The van der Waals surface area contributed by atoms with Crippen molar-refractivity contribution in [1.82, 2.24) is 9.97 Å². The second kappa shape index (κ2) is 4.37. The van der Waals surface area contributed by atoms with Crippen LogP contribution in [0.1, 0.15) is 5.56 Å². The fourth-order valence-electron chi connectivity index (χ4n) is 1.07. The van der Waals surface area contributed by atoms with Gasteiger partial charge in [0.05, 0.1) is 0 Å². The standard InChI is InChI=1S/C11H10N2O/c1-2-7-13-11(5-1)14-9-10-4-3-6-12-8-10/h1-8H,9H2. The molecule has 0 aliphatic heterocycles. The molecular weight excluding hydrogens is 176 g/mol. The van der Waals surface area contributed by atoms with E-state index in [1.807, 2.05) is 30.3 Å². The van der Waals surface area contributed by atoms with Crippen LogP contribution < -0.4 is 4.74 Å². The van der Waals surface area contributed by atoms with Gasteiger partial charge in [-0.3, -0.25) is 4.98 Å². The molecule has 2 aromatic rings. The van der Waals surface area contributed by atoms with E-state index >= 15 is 0 Å². The van der Waals surface area contributed by atoms with Crippen LogP contribution in [-0.2, 0) is 6.61 Å². The zero-order valence-corrected chi connectivity index (χ0v) is 7.63. The van der Waals surface area contributed by atoms with Crippen LogP contribution in [-0.4, -0.2) is 9.97 Å². The van der Waals surface area contributed by atoms with Crippen LogP contribution in [0.3, 0.4) is 0 Å². The van der Waals surface area contributed by atoms with E-state index in [-0.39, 0.29) is 0 Å². The predicted molar refractivity (Wildman–Crippen MR) is 52.8 cm³/mol. The summed E-state index contributed by atoms with van der Waals surface area (Å²) in [5.74, 6) is 0.636. The molecule has 0 aliphatic carbocycles. The van der Waals surface area contributed by atoms with Crippen LogP contribution in [0.5, 0.6) is 5.88 Å².